The second-order valence-electron chi connectivity index (χ2n) is 7.86. The second-order valence-corrected chi connectivity index (χ2v) is 7.86. The van der Waals surface area contributed by atoms with Crippen molar-refractivity contribution in [2.45, 2.75) is 24.5 Å². The number of rotatable bonds is 5. The Morgan fingerprint density at radius 3 is 2.42 bits per heavy atom. The van der Waals surface area contributed by atoms with Crippen LogP contribution in [0, 0.1) is 0 Å². The van der Waals surface area contributed by atoms with Crippen molar-refractivity contribution < 1.29 is 24.5 Å². The Bertz CT molecular complexity index is 1120. The molecule has 2 fully saturated rings. The van der Waals surface area contributed by atoms with Gasteiger partial charge in [0.2, 0.25) is 5.91 Å². The summed E-state index contributed by atoms with van der Waals surface area (Å²) in [6, 6.07) is 8.85. The van der Waals surface area contributed by atoms with Crippen molar-refractivity contribution >= 4 is 11.6 Å². The Labute approximate surface area is 189 Å². The number of aromatic nitrogens is 2. The lowest BCUT2D eigenvalue weighted by molar-refractivity contribution is -0.126. The van der Waals surface area contributed by atoms with E-state index in [4.69, 9.17) is 9.47 Å². The van der Waals surface area contributed by atoms with Crippen molar-refractivity contribution in [1.29, 1.82) is 0 Å². The Morgan fingerprint density at radius 2 is 1.79 bits per heavy atom. The summed E-state index contributed by atoms with van der Waals surface area (Å²) in [7, 11) is 1.62. The van der Waals surface area contributed by atoms with Crippen LogP contribution in [0.25, 0.3) is 0 Å². The minimum atomic E-state index is -1.41. The van der Waals surface area contributed by atoms with Crippen LogP contribution >= 0.6 is 0 Å². The van der Waals surface area contributed by atoms with Crippen molar-refractivity contribution in [3.63, 3.8) is 0 Å². The van der Waals surface area contributed by atoms with E-state index in [0.29, 0.717) is 26.2 Å². The van der Waals surface area contributed by atoms with Gasteiger partial charge in [-0.15, -0.1) is 0 Å². The third kappa shape index (κ3) is 4.85. The first kappa shape index (κ1) is 22.8. The number of aliphatic hydroxyl groups is 2. The number of hydrogen-bond donors (Lipinski definition) is 3. The van der Waals surface area contributed by atoms with E-state index in [2.05, 4.69) is 9.88 Å². The highest BCUT2D eigenvalue weighted by Crippen LogP contribution is 2.29. The van der Waals surface area contributed by atoms with E-state index in [0.717, 1.165) is 22.1 Å². The zero-order valence-corrected chi connectivity index (χ0v) is 18.0. The summed E-state index contributed by atoms with van der Waals surface area (Å²) in [5.74, 6) is 0.547. The summed E-state index contributed by atoms with van der Waals surface area (Å²) >= 11 is 0. The number of benzene rings is 1. The summed E-state index contributed by atoms with van der Waals surface area (Å²) in [4.78, 5) is 41.8. The summed E-state index contributed by atoms with van der Waals surface area (Å²) < 4.78 is 11.8. The maximum atomic E-state index is 12.6. The summed E-state index contributed by atoms with van der Waals surface area (Å²) in [6.07, 6.45) is -1.07. The van der Waals surface area contributed by atoms with Crippen LogP contribution in [0.2, 0.25) is 0 Å². The lowest BCUT2D eigenvalue weighted by atomic mass is 10.1. The molecule has 2 aliphatic rings. The highest BCUT2D eigenvalue weighted by atomic mass is 16.6. The molecule has 0 bridgehead atoms. The van der Waals surface area contributed by atoms with E-state index < -0.39 is 35.8 Å². The molecule has 3 N–H and O–H groups in total. The van der Waals surface area contributed by atoms with Gasteiger partial charge in [0.05, 0.1) is 7.11 Å². The van der Waals surface area contributed by atoms with Gasteiger partial charge in [0.1, 0.15) is 24.1 Å². The smallest absolute Gasteiger partial charge is 0.330 e. The van der Waals surface area contributed by atoms with Crippen LogP contribution in [0.5, 0.6) is 5.75 Å². The van der Waals surface area contributed by atoms with Gasteiger partial charge in [0.25, 0.3) is 5.56 Å². The van der Waals surface area contributed by atoms with E-state index in [1.807, 2.05) is 24.3 Å². The molecule has 2 saturated heterocycles. The molecule has 1 aromatic heterocycles. The van der Waals surface area contributed by atoms with E-state index in [1.54, 1.807) is 12.0 Å². The number of aromatic amines is 1. The zero-order chi connectivity index (χ0) is 23.5. The molecule has 11 heteroatoms. The van der Waals surface area contributed by atoms with Crippen molar-refractivity contribution in [3.8, 4) is 5.75 Å². The number of carbonyl (C=O) groups excluding carboxylic acids is 1. The normalized spacial score (nSPS) is 25.5. The predicted octanol–water partition coefficient (Wildman–Crippen LogP) is -0.931. The fourth-order valence-corrected chi connectivity index (χ4v) is 3.96. The number of aliphatic hydroxyl groups excluding tert-OH is 2. The molecule has 2 aromatic rings. The highest BCUT2D eigenvalue weighted by molar-refractivity contribution is 5.87. The molecular weight excluding hydrogens is 432 g/mol. The number of methoxy groups -OCH3 is 1. The number of anilines is 1. The Kier molecular flexibility index (Phi) is 6.63. The molecular formula is C22H26N4O7. The number of piperazine rings is 1. The number of carbonyl (C=O) groups is 1. The van der Waals surface area contributed by atoms with Crippen LogP contribution in [-0.2, 0) is 9.53 Å². The fraction of sp³-hybridized carbons (Fsp3) is 0.409. The lowest BCUT2D eigenvalue weighted by Crippen LogP contribution is -2.48. The molecule has 0 saturated carbocycles. The van der Waals surface area contributed by atoms with E-state index in [9.17, 15) is 24.6 Å². The molecule has 0 spiro atoms. The number of ether oxygens (including phenoxy) is 2. The van der Waals surface area contributed by atoms with E-state index >= 15 is 0 Å². The third-order valence-corrected chi connectivity index (χ3v) is 5.86. The topological polar surface area (TPSA) is 137 Å². The van der Waals surface area contributed by atoms with Crippen LogP contribution in [0.4, 0.5) is 5.69 Å². The van der Waals surface area contributed by atoms with E-state index in [1.165, 1.54) is 18.3 Å². The number of amides is 1. The number of nitrogens with zero attached hydrogens (tertiary/aromatic N) is 3. The molecule has 0 aliphatic carbocycles. The molecule has 1 aromatic carbocycles. The fourth-order valence-electron chi connectivity index (χ4n) is 3.96. The summed E-state index contributed by atoms with van der Waals surface area (Å²) in [5.41, 5.74) is -0.300. The van der Waals surface area contributed by atoms with E-state index in [-0.39, 0.29) is 5.91 Å². The molecule has 0 unspecified atom stereocenters. The average molecular weight is 458 g/mol. The Balaban J connectivity index is 1.34. The van der Waals surface area contributed by atoms with Crippen molar-refractivity contribution in [3.05, 3.63) is 69.5 Å². The van der Waals surface area contributed by atoms with Gasteiger partial charge >= 0.3 is 5.69 Å². The lowest BCUT2D eigenvalue weighted by Gasteiger charge is -2.35. The predicted molar refractivity (Wildman–Crippen MR) is 118 cm³/mol. The maximum absolute atomic E-state index is 12.6. The van der Waals surface area contributed by atoms with Gasteiger partial charge < -0.3 is 29.5 Å². The number of nitrogens with one attached hydrogen (secondary N) is 1. The molecule has 3 heterocycles. The Morgan fingerprint density at radius 1 is 1.09 bits per heavy atom. The molecule has 4 atom stereocenters. The minimum Gasteiger partial charge on any atom is -0.497 e. The third-order valence-electron chi connectivity index (χ3n) is 5.86. The first-order chi connectivity index (χ1) is 15.9. The molecule has 1 amide bonds. The van der Waals surface area contributed by atoms with Crippen molar-refractivity contribution in [2.24, 2.45) is 0 Å². The number of H-pyrrole nitrogens is 1. The summed E-state index contributed by atoms with van der Waals surface area (Å²) in [6.45, 7) is 2.40. The molecule has 11 nitrogen and oxygen atoms in total. The van der Waals surface area contributed by atoms with Crippen LogP contribution in [-0.4, -0.2) is 82.2 Å². The highest BCUT2D eigenvalue weighted by Gasteiger charge is 2.43. The van der Waals surface area contributed by atoms with Crippen molar-refractivity contribution in [1.82, 2.24) is 14.5 Å². The molecule has 33 heavy (non-hydrogen) atoms. The first-order valence-corrected chi connectivity index (χ1v) is 10.6. The summed E-state index contributed by atoms with van der Waals surface area (Å²) in [5, 5.41) is 20.6. The zero-order valence-electron chi connectivity index (χ0n) is 18.0. The molecule has 4 rings (SSSR count). The standard InChI is InChI=1S/C22H26N4O7/c1-32-15-4-2-14(3-5-15)24-10-12-25(13-11-24)18(28)7-6-16-19(29)20(30)21(33-16)26-9-8-17(27)23-22(26)31/h2-9,16,19-21,29-30H,10-13H2,1H3,(H,23,27,31)/b7-6+/t16-,19-,20-,21-/m1/s1. The SMILES string of the molecule is COc1ccc(N2CCN(C(=O)/C=C/[C@H]3O[C@@H](n4ccc(=O)[nH]c4=O)[C@H](O)[C@@H]3O)CC2)cc1. The monoisotopic (exact) mass is 458 g/mol. The van der Waals surface area contributed by atoms with Gasteiger partial charge in [0.15, 0.2) is 6.23 Å². The number of hydrogen-bond acceptors (Lipinski definition) is 8. The van der Waals surface area contributed by atoms with Gasteiger partial charge in [0, 0.05) is 50.2 Å². The van der Waals surface area contributed by atoms with Gasteiger partial charge in [-0.05, 0) is 30.3 Å². The molecule has 176 valence electrons. The quantitative estimate of drug-likeness (QED) is 0.489. The second kappa shape index (κ2) is 9.61. The van der Waals surface area contributed by atoms with Crippen LogP contribution < -0.4 is 20.9 Å². The van der Waals surface area contributed by atoms with Gasteiger partial charge in [-0.2, -0.15) is 0 Å². The van der Waals surface area contributed by atoms with Gasteiger partial charge in [-0.25, -0.2) is 4.79 Å². The average Bonchev–Trinajstić information content (AvgIpc) is 3.11. The van der Waals surface area contributed by atoms with Gasteiger partial charge in [-0.1, -0.05) is 0 Å². The maximum Gasteiger partial charge on any atom is 0.330 e. The Hall–Kier alpha value is -3.41. The molecule has 0 radical (unpaired) electrons. The first-order valence-electron chi connectivity index (χ1n) is 10.6. The van der Waals surface area contributed by atoms with Gasteiger partial charge in [-0.3, -0.25) is 19.1 Å². The van der Waals surface area contributed by atoms with Crippen molar-refractivity contribution in [2.75, 3.05) is 38.2 Å². The minimum absolute atomic E-state index is 0.237. The van der Waals surface area contributed by atoms with Crippen LogP contribution in [0.3, 0.4) is 0 Å². The molecule has 2 aliphatic heterocycles. The van der Waals surface area contributed by atoms with Crippen LogP contribution in [0.1, 0.15) is 6.23 Å². The van der Waals surface area contributed by atoms with Crippen LogP contribution in [0.15, 0.2) is 58.3 Å². The largest absolute Gasteiger partial charge is 0.497 e.